The number of rotatable bonds is 4. The molecule has 0 spiro atoms. The summed E-state index contributed by atoms with van der Waals surface area (Å²) in [5.74, 6) is -1.09. The van der Waals surface area contributed by atoms with Crippen molar-refractivity contribution in [3.8, 4) is 0 Å². The van der Waals surface area contributed by atoms with Crippen LogP contribution in [0.4, 0.5) is 0 Å². The SMILES string of the molecule is COOC(C)(C(=O)O)c1ccccc1. The molecule has 1 N–H and O–H groups in total. The molecule has 0 aliphatic rings. The van der Waals surface area contributed by atoms with Gasteiger partial charge in [0.25, 0.3) is 0 Å². The molecule has 1 aromatic rings. The summed E-state index contributed by atoms with van der Waals surface area (Å²) in [5, 5.41) is 9.01. The molecule has 1 rings (SSSR count). The summed E-state index contributed by atoms with van der Waals surface area (Å²) >= 11 is 0. The molecule has 0 radical (unpaired) electrons. The average Bonchev–Trinajstić information content (AvgIpc) is 2.19. The van der Waals surface area contributed by atoms with Crippen LogP contribution in [0, 0.1) is 0 Å². The largest absolute Gasteiger partial charge is 0.479 e. The van der Waals surface area contributed by atoms with Crippen LogP contribution >= 0.6 is 0 Å². The highest BCUT2D eigenvalue weighted by atomic mass is 17.2. The van der Waals surface area contributed by atoms with E-state index in [2.05, 4.69) is 4.89 Å². The summed E-state index contributed by atoms with van der Waals surface area (Å²) in [6.45, 7) is 1.44. The average molecular weight is 196 g/mol. The second kappa shape index (κ2) is 4.21. The van der Waals surface area contributed by atoms with Crippen molar-refractivity contribution in [3.05, 3.63) is 35.9 Å². The third-order valence-corrected chi connectivity index (χ3v) is 1.98. The summed E-state index contributed by atoms with van der Waals surface area (Å²) in [6.07, 6.45) is 0. The normalized spacial score (nSPS) is 14.7. The van der Waals surface area contributed by atoms with E-state index in [1.165, 1.54) is 14.0 Å². The molecule has 4 heteroatoms. The molecule has 1 atom stereocenters. The van der Waals surface area contributed by atoms with E-state index in [0.29, 0.717) is 5.56 Å². The van der Waals surface area contributed by atoms with Crippen molar-refractivity contribution in [2.24, 2.45) is 0 Å². The lowest BCUT2D eigenvalue weighted by Crippen LogP contribution is -2.35. The Morgan fingerprint density at radius 2 is 1.93 bits per heavy atom. The van der Waals surface area contributed by atoms with Crippen molar-refractivity contribution in [2.75, 3.05) is 7.11 Å². The van der Waals surface area contributed by atoms with Gasteiger partial charge < -0.3 is 5.11 Å². The molecule has 0 bridgehead atoms. The van der Waals surface area contributed by atoms with Gasteiger partial charge in [0, 0.05) is 0 Å². The fraction of sp³-hybridized carbons (Fsp3) is 0.300. The van der Waals surface area contributed by atoms with E-state index in [1.807, 2.05) is 0 Å². The van der Waals surface area contributed by atoms with E-state index in [-0.39, 0.29) is 0 Å². The third kappa shape index (κ3) is 1.92. The molecule has 0 aliphatic heterocycles. The van der Waals surface area contributed by atoms with Crippen molar-refractivity contribution in [1.82, 2.24) is 0 Å². The minimum absolute atomic E-state index is 0.536. The van der Waals surface area contributed by atoms with Crippen LogP contribution in [-0.2, 0) is 20.2 Å². The van der Waals surface area contributed by atoms with Crippen molar-refractivity contribution >= 4 is 5.97 Å². The molecule has 0 saturated carbocycles. The van der Waals surface area contributed by atoms with Crippen molar-refractivity contribution in [1.29, 1.82) is 0 Å². The van der Waals surface area contributed by atoms with E-state index in [1.54, 1.807) is 30.3 Å². The van der Waals surface area contributed by atoms with Crippen molar-refractivity contribution < 1.29 is 19.7 Å². The molecule has 76 valence electrons. The molecule has 0 amide bonds. The fourth-order valence-corrected chi connectivity index (χ4v) is 1.13. The lowest BCUT2D eigenvalue weighted by Gasteiger charge is -2.22. The predicted molar refractivity (Wildman–Crippen MR) is 49.5 cm³/mol. The van der Waals surface area contributed by atoms with Gasteiger partial charge in [0.15, 0.2) is 0 Å². The van der Waals surface area contributed by atoms with E-state index in [4.69, 9.17) is 9.99 Å². The molecule has 0 aromatic heterocycles. The number of hydrogen-bond acceptors (Lipinski definition) is 3. The second-order valence-corrected chi connectivity index (χ2v) is 2.95. The maximum absolute atomic E-state index is 11.0. The number of carboxylic acids is 1. The zero-order valence-corrected chi connectivity index (χ0v) is 8.06. The number of carboxylic acid groups (broad SMARTS) is 1. The molecule has 0 fully saturated rings. The Bertz CT molecular complexity index is 309. The highest BCUT2D eigenvalue weighted by Gasteiger charge is 2.37. The molecule has 14 heavy (non-hydrogen) atoms. The minimum Gasteiger partial charge on any atom is -0.479 e. The van der Waals surface area contributed by atoms with Crippen LogP contribution in [0.3, 0.4) is 0 Å². The molecule has 1 aromatic carbocycles. The van der Waals surface area contributed by atoms with Gasteiger partial charge in [0.2, 0.25) is 5.60 Å². The van der Waals surface area contributed by atoms with Gasteiger partial charge in [-0.15, -0.1) is 0 Å². The van der Waals surface area contributed by atoms with Gasteiger partial charge >= 0.3 is 5.97 Å². The van der Waals surface area contributed by atoms with Crippen molar-refractivity contribution in [2.45, 2.75) is 12.5 Å². The van der Waals surface area contributed by atoms with Crippen molar-refractivity contribution in [3.63, 3.8) is 0 Å². The van der Waals surface area contributed by atoms with Gasteiger partial charge in [-0.2, -0.15) is 0 Å². The highest BCUT2D eigenvalue weighted by molar-refractivity contribution is 5.78. The lowest BCUT2D eigenvalue weighted by atomic mass is 9.96. The summed E-state index contributed by atoms with van der Waals surface area (Å²) in [4.78, 5) is 20.2. The Morgan fingerprint density at radius 3 is 2.36 bits per heavy atom. The minimum atomic E-state index is -1.46. The first-order chi connectivity index (χ1) is 6.61. The standard InChI is InChI=1S/C10H12O4/c1-10(9(11)12,14-13-2)8-6-4-3-5-7-8/h3-7H,1-2H3,(H,11,12). The van der Waals surface area contributed by atoms with Gasteiger partial charge in [-0.25, -0.2) is 14.6 Å². The number of carbonyl (C=O) groups is 1. The van der Waals surface area contributed by atoms with Gasteiger partial charge in [-0.05, 0) is 12.5 Å². The summed E-state index contributed by atoms with van der Waals surface area (Å²) in [5.41, 5.74) is -0.926. The lowest BCUT2D eigenvalue weighted by molar-refractivity contribution is -0.338. The quantitative estimate of drug-likeness (QED) is 0.586. The van der Waals surface area contributed by atoms with Gasteiger partial charge in [-0.3, -0.25) is 0 Å². The number of aliphatic carboxylic acids is 1. The van der Waals surface area contributed by atoms with E-state index in [0.717, 1.165) is 0 Å². The Kier molecular flexibility index (Phi) is 3.22. The Morgan fingerprint density at radius 1 is 1.36 bits per heavy atom. The highest BCUT2D eigenvalue weighted by Crippen LogP contribution is 2.25. The first-order valence-corrected chi connectivity index (χ1v) is 4.12. The van der Waals surface area contributed by atoms with Crippen LogP contribution in [0.2, 0.25) is 0 Å². The number of benzene rings is 1. The van der Waals surface area contributed by atoms with Gasteiger partial charge in [0.1, 0.15) is 0 Å². The Labute approximate surface area is 82.0 Å². The summed E-state index contributed by atoms with van der Waals surface area (Å²) in [7, 11) is 1.28. The smallest absolute Gasteiger partial charge is 0.343 e. The zero-order valence-electron chi connectivity index (χ0n) is 8.06. The monoisotopic (exact) mass is 196 g/mol. The topological polar surface area (TPSA) is 55.8 Å². The molecular weight excluding hydrogens is 184 g/mol. The molecule has 0 heterocycles. The van der Waals surface area contributed by atoms with E-state index < -0.39 is 11.6 Å². The predicted octanol–water partition coefficient (Wildman–Crippen LogP) is 1.56. The molecular formula is C10H12O4. The van der Waals surface area contributed by atoms with Crippen LogP contribution in [0.25, 0.3) is 0 Å². The first kappa shape index (κ1) is 10.7. The maximum Gasteiger partial charge on any atom is 0.343 e. The maximum atomic E-state index is 11.0. The molecule has 0 saturated heterocycles. The Hall–Kier alpha value is -1.39. The van der Waals surface area contributed by atoms with Gasteiger partial charge in [-0.1, -0.05) is 30.3 Å². The van der Waals surface area contributed by atoms with Crippen LogP contribution in [0.1, 0.15) is 12.5 Å². The zero-order chi connectivity index (χ0) is 10.6. The van der Waals surface area contributed by atoms with Crippen LogP contribution in [-0.4, -0.2) is 18.2 Å². The summed E-state index contributed by atoms with van der Waals surface area (Å²) in [6, 6.07) is 8.64. The van der Waals surface area contributed by atoms with Gasteiger partial charge in [0.05, 0.1) is 7.11 Å². The third-order valence-electron chi connectivity index (χ3n) is 1.98. The molecule has 4 nitrogen and oxygen atoms in total. The first-order valence-electron chi connectivity index (χ1n) is 4.12. The summed E-state index contributed by atoms with van der Waals surface area (Å²) < 4.78 is 0. The van der Waals surface area contributed by atoms with Crippen LogP contribution in [0.15, 0.2) is 30.3 Å². The molecule has 0 aliphatic carbocycles. The Balaban J connectivity index is 3.06. The van der Waals surface area contributed by atoms with Crippen LogP contribution < -0.4 is 0 Å². The van der Waals surface area contributed by atoms with E-state index >= 15 is 0 Å². The fourth-order valence-electron chi connectivity index (χ4n) is 1.13. The second-order valence-electron chi connectivity index (χ2n) is 2.95. The molecule has 1 unspecified atom stereocenters. The number of hydrogen-bond donors (Lipinski definition) is 1. The van der Waals surface area contributed by atoms with E-state index in [9.17, 15) is 4.79 Å². The van der Waals surface area contributed by atoms with Crippen LogP contribution in [0.5, 0.6) is 0 Å².